The summed E-state index contributed by atoms with van der Waals surface area (Å²) < 4.78 is 33.2. The Kier molecular flexibility index (Phi) is 6.09. The van der Waals surface area contributed by atoms with Gasteiger partial charge in [0.1, 0.15) is 0 Å². The Morgan fingerprint density at radius 1 is 1.04 bits per heavy atom. The molecule has 1 saturated heterocycles. The summed E-state index contributed by atoms with van der Waals surface area (Å²) in [6, 6.07) is 15.8. The lowest BCUT2D eigenvalue weighted by atomic mass is 10.0. The number of nitrogens with zero attached hydrogens (tertiary/aromatic N) is 1. The number of sulfonamides is 1. The minimum atomic E-state index is -3.57. The van der Waals surface area contributed by atoms with Crippen molar-refractivity contribution in [3.05, 3.63) is 65.2 Å². The highest BCUT2D eigenvalue weighted by Gasteiger charge is 2.26. The van der Waals surface area contributed by atoms with Crippen molar-refractivity contribution in [1.29, 1.82) is 0 Å². The molecule has 0 aliphatic carbocycles. The third kappa shape index (κ3) is 4.59. The summed E-state index contributed by atoms with van der Waals surface area (Å²) >= 11 is 6.37. The number of morpholine rings is 1. The van der Waals surface area contributed by atoms with E-state index >= 15 is 0 Å². The van der Waals surface area contributed by atoms with E-state index in [1.807, 2.05) is 24.3 Å². The summed E-state index contributed by atoms with van der Waals surface area (Å²) in [5.41, 5.74) is 0.918. The summed E-state index contributed by atoms with van der Waals surface area (Å²) in [6.45, 7) is 2.99. The van der Waals surface area contributed by atoms with Crippen molar-refractivity contribution in [2.24, 2.45) is 0 Å². The maximum absolute atomic E-state index is 12.5. The second-order valence-electron chi connectivity index (χ2n) is 5.85. The highest BCUT2D eigenvalue weighted by molar-refractivity contribution is 7.89. The van der Waals surface area contributed by atoms with E-state index in [1.54, 1.807) is 30.3 Å². The number of nitrogens with one attached hydrogen (secondary N) is 1. The maximum Gasteiger partial charge on any atom is 0.240 e. The molecule has 1 fully saturated rings. The fourth-order valence-electron chi connectivity index (χ4n) is 2.94. The third-order valence-electron chi connectivity index (χ3n) is 4.27. The minimum Gasteiger partial charge on any atom is -0.379 e. The Hall–Kier alpha value is -1.44. The summed E-state index contributed by atoms with van der Waals surface area (Å²) in [7, 11) is -3.57. The van der Waals surface area contributed by atoms with Gasteiger partial charge in [0.15, 0.2) is 0 Å². The first kappa shape index (κ1) is 18.4. The van der Waals surface area contributed by atoms with Crippen LogP contribution in [0.5, 0.6) is 0 Å². The lowest BCUT2D eigenvalue weighted by molar-refractivity contribution is 0.0172. The average molecular weight is 381 g/mol. The van der Waals surface area contributed by atoms with Crippen molar-refractivity contribution in [1.82, 2.24) is 9.62 Å². The summed E-state index contributed by atoms with van der Waals surface area (Å²) in [6.07, 6.45) is 0. The highest BCUT2D eigenvalue weighted by atomic mass is 35.5. The molecule has 7 heteroatoms. The molecule has 1 unspecified atom stereocenters. The SMILES string of the molecule is O=S(=O)(NCC(c1ccccc1Cl)N1CCOCC1)c1ccccc1. The van der Waals surface area contributed by atoms with Crippen molar-refractivity contribution < 1.29 is 13.2 Å². The second-order valence-corrected chi connectivity index (χ2v) is 8.02. The molecular formula is C18H21ClN2O3S. The van der Waals surface area contributed by atoms with Crippen LogP contribution in [0.3, 0.4) is 0 Å². The number of hydrogen-bond donors (Lipinski definition) is 1. The topological polar surface area (TPSA) is 58.6 Å². The molecule has 0 amide bonds. The second kappa shape index (κ2) is 8.29. The lowest BCUT2D eigenvalue weighted by Crippen LogP contribution is -2.43. The van der Waals surface area contributed by atoms with E-state index in [2.05, 4.69) is 9.62 Å². The smallest absolute Gasteiger partial charge is 0.240 e. The van der Waals surface area contributed by atoms with Crippen molar-refractivity contribution in [3.8, 4) is 0 Å². The van der Waals surface area contributed by atoms with Crippen LogP contribution in [0.2, 0.25) is 5.02 Å². The molecule has 3 rings (SSSR count). The Morgan fingerprint density at radius 2 is 1.68 bits per heavy atom. The number of halogens is 1. The number of hydrogen-bond acceptors (Lipinski definition) is 4. The molecule has 0 spiro atoms. The Morgan fingerprint density at radius 3 is 2.36 bits per heavy atom. The van der Waals surface area contributed by atoms with Crippen LogP contribution < -0.4 is 4.72 Å². The van der Waals surface area contributed by atoms with Gasteiger partial charge in [0.25, 0.3) is 0 Å². The molecule has 0 saturated carbocycles. The molecule has 1 heterocycles. The van der Waals surface area contributed by atoms with E-state index in [1.165, 1.54) is 0 Å². The van der Waals surface area contributed by atoms with Crippen LogP contribution >= 0.6 is 11.6 Å². The molecule has 0 radical (unpaired) electrons. The molecule has 1 aliphatic rings. The van der Waals surface area contributed by atoms with E-state index in [4.69, 9.17) is 16.3 Å². The summed E-state index contributed by atoms with van der Waals surface area (Å²) in [5, 5.41) is 0.637. The number of rotatable bonds is 6. The normalized spacial score (nSPS) is 17.3. The van der Waals surface area contributed by atoms with E-state index in [-0.39, 0.29) is 17.5 Å². The summed E-state index contributed by atoms with van der Waals surface area (Å²) in [5.74, 6) is 0. The molecule has 5 nitrogen and oxygen atoms in total. The Labute approximate surface area is 153 Å². The van der Waals surface area contributed by atoms with Gasteiger partial charge < -0.3 is 4.74 Å². The monoisotopic (exact) mass is 380 g/mol. The predicted octanol–water partition coefficient (Wildman–Crippen LogP) is 2.69. The number of benzene rings is 2. The van der Waals surface area contributed by atoms with Gasteiger partial charge in [-0.25, -0.2) is 13.1 Å². The van der Waals surface area contributed by atoms with Crippen LogP contribution in [-0.2, 0) is 14.8 Å². The van der Waals surface area contributed by atoms with Crippen molar-refractivity contribution in [2.75, 3.05) is 32.8 Å². The van der Waals surface area contributed by atoms with E-state index in [9.17, 15) is 8.42 Å². The average Bonchev–Trinajstić information content (AvgIpc) is 2.65. The van der Waals surface area contributed by atoms with Crippen molar-refractivity contribution in [2.45, 2.75) is 10.9 Å². The zero-order chi connectivity index (χ0) is 17.7. The van der Waals surface area contributed by atoms with Gasteiger partial charge in [-0.3, -0.25) is 4.90 Å². The zero-order valence-corrected chi connectivity index (χ0v) is 15.3. The zero-order valence-electron chi connectivity index (χ0n) is 13.8. The number of ether oxygens (including phenoxy) is 1. The molecule has 1 N–H and O–H groups in total. The van der Waals surface area contributed by atoms with E-state index in [0.29, 0.717) is 18.2 Å². The van der Waals surface area contributed by atoms with Crippen LogP contribution in [0, 0.1) is 0 Å². The lowest BCUT2D eigenvalue weighted by Gasteiger charge is -2.35. The van der Waals surface area contributed by atoms with Crippen molar-refractivity contribution >= 4 is 21.6 Å². The quantitative estimate of drug-likeness (QED) is 0.837. The molecule has 1 atom stereocenters. The van der Waals surface area contributed by atoms with Gasteiger partial charge in [0.2, 0.25) is 10.0 Å². The standard InChI is InChI=1S/C18H21ClN2O3S/c19-17-9-5-4-8-16(17)18(21-10-12-24-13-11-21)14-20-25(22,23)15-6-2-1-3-7-15/h1-9,18,20H,10-14H2. The van der Waals surface area contributed by atoms with Crippen LogP contribution in [0.25, 0.3) is 0 Å². The Bertz CT molecular complexity index is 793. The largest absolute Gasteiger partial charge is 0.379 e. The maximum atomic E-state index is 12.5. The van der Waals surface area contributed by atoms with E-state index in [0.717, 1.165) is 18.7 Å². The van der Waals surface area contributed by atoms with Crippen LogP contribution in [-0.4, -0.2) is 46.2 Å². The van der Waals surface area contributed by atoms with Crippen LogP contribution in [0.1, 0.15) is 11.6 Å². The van der Waals surface area contributed by atoms with Gasteiger partial charge in [-0.15, -0.1) is 0 Å². The molecular weight excluding hydrogens is 360 g/mol. The van der Waals surface area contributed by atoms with Gasteiger partial charge in [0, 0.05) is 30.7 Å². The summed E-state index contributed by atoms with van der Waals surface area (Å²) in [4.78, 5) is 2.47. The first-order chi connectivity index (χ1) is 12.1. The van der Waals surface area contributed by atoms with Crippen LogP contribution in [0.4, 0.5) is 0 Å². The molecule has 2 aromatic carbocycles. The minimum absolute atomic E-state index is 0.143. The van der Waals surface area contributed by atoms with Crippen LogP contribution in [0.15, 0.2) is 59.5 Å². The molecule has 2 aromatic rings. The first-order valence-electron chi connectivity index (χ1n) is 8.19. The molecule has 1 aliphatic heterocycles. The van der Waals surface area contributed by atoms with Gasteiger partial charge >= 0.3 is 0 Å². The molecule has 25 heavy (non-hydrogen) atoms. The van der Waals surface area contributed by atoms with Crippen molar-refractivity contribution in [3.63, 3.8) is 0 Å². The van der Waals surface area contributed by atoms with Gasteiger partial charge in [-0.1, -0.05) is 48.0 Å². The van der Waals surface area contributed by atoms with Gasteiger partial charge in [0.05, 0.1) is 18.1 Å². The Balaban J connectivity index is 1.82. The van der Waals surface area contributed by atoms with Gasteiger partial charge in [-0.2, -0.15) is 0 Å². The fourth-order valence-corrected chi connectivity index (χ4v) is 4.26. The fraction of sp³-hybridized carbons (Fsp3) is 0.333. The van der Waals surface area contributed by atoms with Gasteiger partial charge in [-0.05, 0) is 23.8 Å². The molecule has 134 valence electrons. The third-order valence-corrected chi connectivity index (χ3v) is 6.05. The molecule has 0 bridgehead atoms. The highest BCUT2D eigenvalue weighted by Crippen LogP contribution is 2.28. The predicted molar refractivity (Wildman–Crippen MR) is 98.2 cm³/mol. The van der Waals surface area contributed by atoms with E-state index < -0.39 is 10.0 Å². The molecule has 0 aromatic heterocycles. The first-order valence-corrected chi connectivity index (χ1v) is 10.0.